The van der Waals surface area contributed by atoms with Gasteiger partial charge in [-0.1, -0.05) is 0 Å². The number of non-ortho nitro benzene ring substituents is 1. The molecule has 33 heavy (non-hydrogen) atoms. The van der Waals surface area contributed by atoms with E-state index >= 15 is 0 Å². The first kappa shape index (κ1) is 24.1. The Kier molecular flexibility index (Phi) is 7.59. The lowest BCUT2D eigenvalue weighted by atomic mass is 10.0. The molecular formula is C22H20ClFN2O7. The minimum Gasteiger partial charge on any atom is -0.494 e. The van der Waals surface area contributed by atoms with Crippen LogP contribution in [0.4, 0.5) is 15.8 Å². The zero-order valence-corrected chi connectivity index (χ0v) is 18.3. The van der Waals surface area contributed by atoms with Crippen LogP contribution in [0.1, 0.15) is 23.2 Å². The van der Waals surface area contributed by atoms with Gasteiger partial charge in [-0.2, -0.15) is 0 Å². The molecule has 1 amide bonds. The highest BCUT2D eigenvalue weighted by Gasteiger charge is 2.39. The van der Waals surface area contributed by atoms with Gasteiger partial charge < -0.3 is 14.4 Å². The standard InChI is InChI=1S/C22H20ClFN2O7/c1-32-19-11-16(26(30)31)6-7-17(19)25-12-14(10-20(25)27)22(29)33-18(8-9-23)21(28)13-2-4-15(24)5-3-13/h2-7,11,14,18H,8-10,12H2,1H3/t14-,18+/m1/s1. The molecule has 0 spiro atoms. The summed E-state index contributed by atoms with van der Waals surface area (Å²) >= 11 is 5.76. The number of ether oxygens (including phenoxy) is 2. The number of alkyl halides is 1. The van der Waals surface area contributed by atoms with E-state index in [-0.39, 0.29) is 48.0 Å². The van der Waals surface area contributed by atoms with Crippen molar-refractivity contribution in [3.8, 4) is 5.75 Å². The van der Waals surface area contributed by atoms with E-state index in [1.54, 1.807) is 0 Å². The highest BCUT2D eigenvalue weighted by Crippen LogP contribution is 2.36. The number of esters is 1. The Morgan fingerprint density at radius 3 is 2.58 bits per heavy atom. The number of hydrogen-bond acceptors (Lipinski definition) is 7. The predicted octanol–water partition coefficient (Wildman–Crippen LogP) is 3.52. The normalized spacial score (nSPS) is 16.4. The topological polar surface area (TPSA) is 116 Å². The molecule has 1 aliphatic heterocycles. The lowest BCUT2D eigenvalue weighted by Crippen LogP contribution is -2.32. The van der Waals surface area contributed by atoms with Crippen LogP contribution in [0.25, 0.3) is 0 Å². The van der Waals surface area contributed by atoms with Gasteiger partial charge in [-0.3, -0.25) is 24.5 Å². The highest BCUT2D eigenvalue weighted by atomic mass is 35.5. The number of ketones is 1. The van der Waals surface area contributed by atoms with E-state index in [2.05, 4.69) is 0 Å². The molecule has 0 N–H and O–H groups in total. The number of methoxy groups -OCH3 is 1. The number of hydrogen-bond donors (Lipinski definition) is 0. The number of nitro groups is 1. The summed E-state index contributed by atoms with van der Waals surface area (Å²) in [5.74, 6) is -2.90. The molecule has 0 aliphatic carbocycles. The average molecular weight is 479 g/mol. The lowest BCUT2D eigenvalue weighted by molar-refractivity contribution is -0.384. The molecule has 0 unspecified atom stereocenters. The number of Topliss-reactive ketones (excluding diaryl/α,β-unsaturated/α-hetero) is 1. The second-order valence-electron chi connectivity index (χ2n) is 7.29. The van der Waals surface area contributed by atoms with Crippen LogP contribution in [-0.4, -0.2) is 48.2 Å². The number of nitro benzene ring substituents is 1. The van der Waals surface area contributed by atoms with Crippen molar-refractivity contribution in [2.24, 2.45) is 5.92 Å². The van der Waals surface area contributed by atoms with E-state index in [9.17, 15) is 28.9 Å². The van der Waals surface area contributed by atoms with Gasteiger partial charge in [0.15, 0.2) is 6.10 Å². The molecule has 0 saturated carbocycles. The van der Waals surface area contributed by atoms with Gasteiger partial charge in [0.25, 0.3) is 5.69 Å². The summed E-state index contributed by atoms with van der Waals surface area (Å²) in [6, 6.07) is 8.61. The molecule has 3 rings (SSSR count). The SMILES string of the molecule is COc1cc([N+](=O)[O-])ccc1N1C[C@H](C(=O)O[C@@H](CCCl)C(=O)c2ccc(F)cc2)CC1=O. The second-order valence-corrected chi connectivity index (χ2v) is 7.67. The Hall–Kier alpha value is -3.53. The number of rotatable bonds is 9. The molecule has 0 radical (unpaired) electrons. The molecule has 9 nitrogen and oxygen atoms in total. The number of benzene rings is 2. The third kappa shape index (κ3) is 5.46. The summed E-state index contributed by atoms with van der Waals surface area (Å²) in [4.78, 5) is 49.7. The molecule has 174 valence electrons. The van der Waals surface area contributed by atoms with E-state index in [0.717, 1.165) is 12.1 Å². The summed E-state index contributed by atoms with van der Waals surface area (Å²) in [6.07, 6.45) is -1.31. The molecule has 11 heteroatoms. The Balaban J connectivity index is 1.74. The van der Waals surface area contributed by atoms with Gasteiger partial charge in [-0.05, 0) is 30.3 Å². The summed E-state index contributed by atoms with van der Waals surface area (Å²) in [7, 11) is 1.31. The summed E-state index contributed by atoms with van der Waals surface area (Å²) in [5.41, 5.74) is 0.239. The van der Waals surface area contributed by atoms with Crippen molar-refractivity contribution in [1.82, 2.24) is 0 Å². The summed E-state index contributed by atoms with van der Waals surface area (Å²) < 4.78 is 23.7. The number of anilines is 1. The van der Waals surface area contributed by atoms with Gasteiger partial charge in [0.2, 0.25) is 11.7 Å². The number of nitrogens with zero attached hydrogens (tertiary/aromatic N) is 2. The molecule has 1 aliphatic rings. The van der Waals surface area contributed by atoms with Crippen molar-refractivity contribution in [2.75, 3.05) is 24.4 Å². The first-order valence-electron chi connectivity index (χ1n) is 9.94. The fourth-order valence-electron chi connectivity index (χ4n) is 3.48. The first-order chi connectivity index (χ1) is 15.7. The largest absolute Gasteiger partial charge is 0.494 e. The third-order valence-electron chi connectivity index (χ3n) is 5.17. The van der Waals surface area contributed by atoms with Crippen molar-refractivity contribution in [2.45, 2.75) is 18.9 Å². The predicted molar refractivity (Wildman–Crippen MR) is 116 cm³/mol. The monoisotopic (exact) mass is 478 g/mol. The molecule has 1 heterocycles. The molecule has 0 bridgehead atoms. The van der Waals surface area contributed by atoms with Crippen molar-refractivity contribution in [3.05, 3.63) is 64.0 Å². The molecule has 1 fully saturated rings. The molecule has 0 aromatic heterocycles. The zero-order valence-electron chi connectivity index (χ0n) is 17.5. The minimum atomic E-state index is -1.18. The van der Waals surface area contributed by atoms with Crippen LogP contribution in [0.2, 0.25) is 0 Å². The van der Waals surface area contributed by atoms with Crippen molar-refractivity contribution in [1.29, 1.82) is 0 Å². The van der Waals surface area contributed by atoms with Crippen molar-refractivity contribution in [3.63, 3.8) is 0 Å². The first-order valence-corrected chi connectivity index (χ1v) is 10.5. The maximum absolute atomic E-state index is 13.1. The van der Waals surface area contributed by atoms with Crippen LogP contribution in [0.3, 0.4) is 0 Å². The van der Waals surface area contributed by atoms with Gasteiger partial charge in [0, 0.05) is 36.9 Å². The molecular weight excluding hydrogens is 459 g/mol. The minimum absolute atomic E-state index is 0.0423. The van der Waals surface area contributed by atoms with Crippen LogP contribution >= 0.6 is 11.6 Å². The Morgan fingerprint density at radius 2 is 1.97 bits per heavy atom. The Labute approximate surface area is 193 Å². The second kappa shape index (κ2) is 10.4. The van der Waals surface area contributed by atoms with Gasteiger partial charge in [-0.15, -0.1) is 11.6 Å². The molecule has 1 saturated heterocycles. The lowest BCUT2D eigenvalue weighted by Gasteiger charge is -2.20. The van der Waals surface area contributed by atoms with Crippen LogP contribution in [0.5, 0.6) is 5.75 Å². The maximum Gasteiger partial charge on any atom is 0.312 e. The van der Waals surface area contributed by atoms with E-state index in [0.29, 0.717) is 0 Å². The number of halogens is 2. The van der Waals surface area contributed by atoms with E-state index in [1.165, 1.54) is 42.3 Å². The van der Waals surface area contributed by atoms with Crippen LogP contribution in [0.15, 0.2) is 42.5 Å². The van der Waals surface area contributed by atoms with E-state index in [4.69, 9.17) is 21.1 Å². The smallest absolute Gasteiger partial charge is 0.312 e. The Bertz CT molecular complexity index is 1080. The van der Waals surface area contributed by atoms with Gasteiger partial charge in [0.05, 0.1) is 29.7 Å². The number of amides is 1. The number of carbonyl (C=O) groups excluding carboxylic acids is 3. The van der Waals surface area contributed by atoms with Crippen LogP contribution in [0, 0.1) is 21.8 Å². The summed E-state index contributed by atoms with van der Waals surface area (Å²) in [6.45, 7) is -0.0514. The summed E-state index contributed by atoms with van der Waals surface area (Å²) in [5, 5.41) is 11.0. The van der Waals surface area contributed by atoms with E-state index < -0.39 is 40.4 Å². The Morgan fingerprint density at radius 1 is 1.27 bits per heavy atom. The molecule has 2 atom stereocenters. The quantitative estimate of drug-likeness (QED) is 0.178. The highest BCUT2D eigenvalue weighted by molar-refractivity contribution is 6.18. The van der Waals surface area contributed by atoms with Crippen molar-refractivity contribution >= 4 is 40.6 Å². The average Bonchev–Trinajstić information content (AvgIpc) is 3.19. The fraction of sp³-hybridized carbons (Fsp3) is 0.318. The van der Waals surface area contributed by atoms with Gasteiger partial charge in [-0.25, -0.2) is 4.39 Å². The zero-order chi connectivity index (χ0) is 24.1. The van der Waals surface area contributed by atoms with Crippen molar-refractivity contribution < 1.29 is 33.2 Å². The molecule has 2 aromatic carbocycles. The number of carbonyl (C=O) groups is 3. The maximum atomic E-state index is 13.1. The van der Waals surface area contributed by atoms with Gasteiger partial charge in [0.1, 0.15) is 11.6 Å². The molecule has 2 aromatic rings. The van der Waals surface area contributed by atoms with Crippen LogP contribution < -0.4 is 9.64 Å². The van der Waals surface area contributed by atoms with Crippen LogP contribution in [-0.2, 0) is 14.3 Å². The third-order valence-corrected chi connectivity index (χ3v) is 5.39. The fourth-order valence-corrected chi connectivity index (χ4v) is 3.68. The van der Waals surface area contributed by atoms with E-state index in [1.807, 2.05) is 0 Å². The van der Waals surface area contributed by atoms with Gasteiger partial charge >= 0.3 is 5.97 Å².